The number of aromatic amines is 2. The number of carbonyl (C=O) groups excluding carboxylic acids is 4. The number of benzene rings is 3. The molecule has 16 nitrogen and oxygen atoms in total. The highest BCUT2D eigenvalue weighted by Crippen LogP contribution is 2.47. The maximum absolute atomic E-state index is 14.4. The Labute approximate surface area is 377 Å². The molecule has 3 aromatic carbocycles. The van der Waals surface area contributed by atoms with Crippen LogP contribution in [-0.4, -0.2) is 107 Å². The van der Waals surface area contributed by atoms with Gasteiger partial charge in [0.1, 0.15) is 36.1 Å². The largest absolute Gasteiger partial charge is 0.488 e. The number of carbonyl (C=O) groups is 4. The van der Waals surface area contributed by atoms with Gasteiger partial charge in [-0.3, -0.25) is 9.59 Å². The molecule has 0 saturated carbocycles. The third-order valence-electron chi connectivity index (χ3n) is 13.4. The van der Waals surface area contributed by atoms with Crippen LogP contribution in [0.2, 0.25) is 0 Å². The van der Waals surface area contributed by atoms with Crippen molar-refractivity contribution in [3.8, 4) is 5.75 Å². The van der Waals surface area contributed by atoms with Crippen LogP contribution in [0.4, 0.5) is 9.59 Å². The molecule has 4 aliphatic rings. The van der Waals surface area contributed by atoms with Crippen LogP contribution >= 0.6 is 0 Å². The number of methoxy groups -OCH3 is 3. The van der Waals surface area contributed by atoms with Gasteiger partial charge in [0.2, 0.25) is 5.91 Å². The van der Waals surface area contributed by atoms with Gasteiger partial charge in [0.05, 0.1) is 55.8 Å². The highest BCUT2D eigenvalue weighted by atomic mass is 16.5. The molecule has 0 spiro atoms. The van der Waals surface area contributed by atoms with Crippen molar-refractivity contribution in [3.05, 3.63) is 101 Å². The fourth-order valence-corrected chi connectivity index (χ4v) is 10.2. The summed E-state index contributed by atoms with van der Waals surface area (Å²) >= 11 is 0. The van der Waals surface area contributed by atoms with Gasteiger partial charge in [-0.15, -0.1) is 0 Å². The van der Waals surface area contributed by atoms with Crippen molar-refractivity contribution in [1.82, 2.24) is 40.4 Å². The molecule has 3 aliphatic heterocycles. The highest BCUT2D eigenvalue weighted by molar-refractivity contribution is 6.06. The smallest absolute Gasteiger partial charge is 0.407 e. The number of aromatic nitrogens is 4. The first-order valence-electron chi connectivity index (χ1n) is 22.4. The van der Waals surface area contributed by atoms with E-state index in [1.54, 1.807) is 12.0 Å². The molecule has 2 fully saturated rings. The van der Waals surface area contributed by atoms with Crippen LogP contribution in [0, 0.1) is 17.8 Å². The van der Waals surface area contributed by atoms with Gasteiger partial charge in [-0.05, 0) is 89.5 Å². The second-order valence-corrected chi connectivity index (χ2v) is 17.9. The van der Waals surface area contributed by atoms with E-state index in [0.717, 1.165) is 75.0 Å². The van der Waals surface area contributed by atoms with Crippen LogP contribution < -0.4 is 15.4 Å². The van der Waals surface area contributed by atoms with E-state index in [1.165, 1.54) is 19.8 Å². The third-order valence-corrected chi connectivity index (χ3v) is 13.4. The van der Waals surface area contributed by atoms with E-state index in [-0.39, 0.29) is 41.7 Å². The van der Waals surface area contributed by atoms with E-state index >= 15 is 0 Å². The van der Waals surface area contributed by atoms with Gasteiger partial charge < -0.3 is 49.3 Å². The van der Waals surface area contributed by atoms with Crippen molar-refractivity contribution in [2.75, 3.05) is 47.6 Å². The van der Waals surface area contributed by atoms with Crippen molar-refractivity contribution < 1.29 is 38.1 Å². The molecule has 2 saturated heterocycles. The quantitative estimate of drug-likeness (QED) is 0.104. The summed E-state index contributed by atoms with van der Waals surface area (Å²) in [6.07, 6.45) is 5.74. The molecule has 65 heavy (non-hydrogen) atoms. The molecular formula is C49H56N8O8. The third kappa shape index (κ3) is 8.31. The minimum absolute atomic E-state index is 0.0783. The Kier molecular flexibility index (Phi) is 12.1. The second-order valence-electron chi connectivity index (χ2n) is 17.9. The monoisotopic (exact) mass is 884 g/mol. The topological polar surface area (TPSA) is 193 Å². The van der Waals surface area contributed by atoms with Gasteiger partial charge in [-0.1, -0.05) is 57.2 Å². The number of imidazole rings is 2. The number of alkyl carbamates (subject to hydrolysis) is 2. The van der Waals surface area contributed by atoms with E-state index in [4.69, 9.17) is 28.9 Å². The SMILES string of the molecule is COC[C@H]1C[C@@H](c2ncc(C3=CC4=C(c5cc6ccc7[nH]c([C@@H]8CCCN8C(=O)[C@@H](NC(=O)OC)C(C)C)nc7c6cc5OC4)C(C)C3)[nH]2)N(C(=O)[C@H](NC(=O)OC)c2ccccc2)C1. The Balaban J connectivity index is 0.980. The van der Waals surface area contributed by atoms with Gasteiger partial charge in [0.15, 0.2) is 0 Å². The average Bonchev–Trinajstić information content (AvgIpc) is 4.15. The van der Waals surface area contributed by atoms with E-state index in [1.807, 2.05) is 61.3 Å². The number of hydrogen-bond donors (Lipinski definition) is 4. The van der Waals surface area contributed by atoms with Gasteiger partial charge in [-0.2, -0.15) is 0 Å². The fourth-order valence-electron chi connectivity index (χ4n) is 10.2. The Morgan fingerprint density at radius 1 is 0.923 bits per heavy atom. The number of hydrogen-bond acceptors (Lipinski definition) is 10. The van der Waals surface area contributed by atoms with Crippen LogP contribution in [-0.2, 0) is 23.8 Å². The Hall–Kier alpha value is -6.68. The van der Waals surface area contributed by atoms with Crippen LogP contribution in [0.25, 0.3) is 33.0 Å². The summed E-state index contributed by atoms with van der Waals surface area (Å²) in [4.78, 5) is 73.5. The maximum Gasteiger partial charge on any atom is 0.407 e. The predicted molar refractivity (Wildman–Crippen MR) is 243 cm³/mol. The molecule has 16 heteroatoms. The van der Waals surface area contributed by atoms with Crippen molar-refractivity contribution in [3.63, 3.8) is 0 Å². The lowest BCUT2D eigenvalue weighted by molar-refractivity contribution is -0.136. The summed E-state index contributed by atoms with van der Waals surface area (Å²) in [5.74, 6) is 1.92. The number of nitrogens with zero attached hydrogens (tertiary/aromatic N) is 4. The minimum Gasteiger partial charge on any atom is -0.488 e. The van der Waals surface area contributed by atoms with Crippen LogP contribution in [0.15, 0.2) is 72.4 Å². The van der Waals surface area contributed by atoms with Gasteiger partial charge in [0, 0.05) is 37.1 Å². The summed E-state index contributed by atoms with van der Waals surface area (Å²) in [5.41, 5.74) is 7.76. The summed E-state index contributed by atoms with van der Waals surface area (Å²) in [6, 6.07) is 15.3. The normalized spacial score (nSPS) is 21.4. The molecule has 4 N–H and O–H groups in total. The van der Waals surface area contributed by atoms with Gasteiger partial charge >= 0.3 is 12.2 Å². The lowest BCUT2D eigenvalue weighted by Gasteiger charge is -2.31. The molecule has 1 unspecified atom stereocenters. The maximum atomic E-state index is 14.4. The standard InChI is InChI=1S/C49H56N8O8/c1-26(2)41(54-48(60)63-5)46(58)56-16-10-13-37(56)45-51-35-15-14-30-20-34-39(21-33(30)43(35)53-45)65-25-32-19-31(17-27(3)40(32)34)36-22-50-44(52-36)38-18-28(24-62-4)23-57(38)47(59)42(55-49(61)64-6)29-11-8-7-9-12-29/h7-9,11-12,14-15,19-22,26-28,37-38,41-42H,10,13,16-18,23-25H2,1-6H3,(H,50,52)(H,51,53)(H,54,60)(H,55,61)/t27?,28-,37-,38-,41-,42+/m0/s1. The fraction of sp³-hybridized carbons (Fsp3) is 0.429. The van der Waals surface area contributed by atoms with Crippen molar-refractivity contribution in [2.24, 2.45) is 17.8 Å². The molecular weight excluding hydrogens is 829 g/mol. The first kappa shape index (κ1) is 43.6. The summed E-state index contributed by atoms with van der Waals surface area (Å²) in [5, 5.41) is 7.47. The first-order valence-corrected chi connectivity index (χ1v) is 22.4. The molecule has 2 aromatic heterocycles. The number of amides is 4. The second kappa shape index (κ2) is 18.1. The summed E-state index contributed by atoms with van der Waals surface area (Å²) in [6.45, 7) is 7.96. The van der Waals surface area contributed by atoms with Crippen LogP contribution in [0.5, 0.6) is 5.75 Å². The zero-order valence-corrected chi connectivity index (χ0v) is 37.6. The number of ether oxygens (including phenoxy) is 4. The van der Waals surface area contributed by atoms with E-state index in [2.05, 4.69) is 51.8 Å². The van der Waals surface area contributed by atoms with Crippen molar-refractivity contribution >= 4 is 57.0 Å². The number of H-pyrrole nitrogens is 2. The molecule has 0 bridgehead atoms. The summed E-state index contributed by atoms with van der Waals surface area (Å²) in [7, 11) is 4.23. The lowest BCUT2D eigenvalue weighted by Crippen LogP contribution is -2.51. The number of allylic oxidation sites excluding steroid dienone is 2. The lowest BCUT2D eigenvalue weighted by atomic mass is 9.78. The van der Waals surface area contributed by atoms with Crippen molar-refractivity contribution in [1.29, 1.82) is 0 Å². The average molecular weight is 885 g/mol. The number of rotatable bonds is 11. The Morgan fingerprint density at radius 2 is 1.71 bits per heavy atom. The number of fused-ring (bicyclic) bond motifs is 5. The van der Waals surface area contributed by atoms with E-state index in [0.29, 0.717) is 44.1 Å². The summed E-state index contributed by atoms with van der Waals surface area (Å²) < 4.78 is 21.8. The first-order chi connectivity index (χ1) is 31.5. The molecule has 6 atom stereocenters. The number of nitrogens with one attached hydrogen (secondary N) is 4. The number of likely N-dealkylation sites (tertiary alicyclic amines) is 2. The molecule has 5 heterocycles. The van der Waals surface area contributed by atoms with E-state index in [9.17, 15) is 19.2 Å². The minimum atomic E-state index is -0.940. The van der Waals surface area contributed by atoms with Gasteiger partial charge in [-0.25, -0.2) is 19.6 Å². The molecule has 4 amide bonds. The van der Waals surface area contributed by atoms with Crippen LogP contribution in [0.3, 0.4) is 0 Å². The highest BCUT2D eigenvalue weighted by Gasteiger charge is 2.42. The zero-order valence-electron chi connectivity index (χ0n) is 37.6. The Bertz CT molecular complexity index is 2710. The molecule has 1 aliphatic carbocycles. The van der Waals surface area contributed by atoms with Crippen molar-refractivity contribution in [2.45, 2.75) is 70.6 Å². The Morgan fingerprint density at radius 3 is 2.46 bits per heavy atom. The predicted octanol–water partition coefficient (Wildman–Crippen LogP) is 7.39. The molecule has 340 valence electrons. The molecule has 9 rings (SSSR count). The van der Waals surface area contributed by atoms with Gasteiger partial charge in [0.25, 0.3) is 5.91 Å². The molecule has 0 radical (unpaired) electrons. The zero-order chi connectivity index (χ0) is 45.5. The van der Waals surface area contributed by atoms with E-state index < -0.39 is 24.3 Å². The molecule has 5 aromatic rings. The van der Waals surface area contributed by atoms with Crippen LogP contribution in [0.1, 0.15) is 93.0 Å².